The van der Waals surface area contributed by atoms with Gasteiger partial charge in [0, 0.05) is 6.54 Å². The van der Waals surface area contributed by atoms with Crippen molar-refractivity contribution in [3.8, 4) is 0 Å². The van der Waals surface area contributed by atoms with Crippen LogP contribution in [0.25, 0.3) is 0 Å². The van der Waals surface area contributed by atoms with Crippen molar-refractivity contribution in [1.82, 2.24) is 0 Å². The minimum atomic E-state index is -0.511. The second kappa shape index (κ2) is 5.99. The lowest BCUT2D eigenvalue weighted by Crippen LogP contribution is -2.22. The maximum absolute atomic E-state index is 13.3. The number of allylic oxidation sites excluding steroid dienone is 1. The molecule has 0 aromatic heterocycles. The van der Waals surface area contributed by atoms with Crippen LogP contribution < -0.4 is 5.73 Å². The number of hydrogen-bond acceptors (Lipinski definition) is 2. The van der Waals surface area contributed by atoms with Crippen molar-refractivity contribution in [2.45, 2.75) is 20.3 Å². The summed E-state index contributed by atoms with van der Waals surface area (Å²) in [5, 5.41) is 0. The van der Waals surface area contributed by atoms with Crippen LogP contribution in [0.1, 0.15) is 19.4 Å². The highest BCUT2D eigenvalue weighted by molar-refractivity contribution is 6.43. The molecule has 2 atom stereocenters. The van der Waals surface area contributed by atoms with Crippen LogP contribution in [-0.2, 0) is 11.2 Å². The van der Waals surface area contributed by atoms with Crippen LogP contribution in [0, 0.1) is 17.7 Å². The van der Waals surface area contributed by atoms with Crippen molar-refractivity contribution in [1.29, 1.82) is 0 Å². The van der Waals surface area contributed by atoms with Gasteiger partial charge in [-0.25, -0.2) is 4.39 Å². The van der Waals surface area contributed by atoms with E-state index in [0.29, 0.717) is 24.6 Å². The predicted octanol–water partition coefficient (Wildman–Crippen LogP) is 2.51. The Morgan fingerprint density at radius 3 is 2.85 bits per heavy atom. The van der Waals surface area contributed by atoms with E-state index in [1.807, 2.05) is 6.07 Å². The van der Waals surface area contributed by atoms with Gasteiger partial charge in [0.25, 0.3) is 5.91 Å². The number of hydrogen-bond donors (Lipinski definition) is 1. The van der Waals surface area contributed by atoms with Gasteiger partial charge >= 0.3 is 0 Å². The third-order valence-electron chi connectivity index (χ3n) is 3.86. The predicted molar refractivity (Wildman–Crippen MR) is 78.0 cm³/mol. The van der Waals surface area contributed by atoms with E-state index in [9.17, 15) is 9.18 Å². The van der Waals surface area contributed by atoms with Crippen LogP contribution in [0.3, 0.4) is 0 Å². The fourth-order valence-electron chi connectivity index (χ4n) is 2.36. The van der Waals surface area contributed by atoms with E-state index in [1.54, 1.807) is 12.1 Å². The first-order valence-corrected chi connectivity index (χ1v) is 6.76. The number of carbonyl (C=O) groups excluding carboxylic acids is 1. The molecule has 0 spiro atoms. The molecule has 4 heteroatoms. The summed E-state index contributed by atoms with van der Waals surface area (Å²) in [4.78, 5) is 15.6. The van der Waals surface area contributed by atoms with Gasteiger partial charge in [0.05, 0.1) is 0 Å². The Morgan fingerprint density at radius 2 is 2.20 bits per heavy atom. The van der Waals surface area contributed by atoms with Gasteiger partial charge in [-0.2, -0.15) is 0 Å². The lowest BCUT2D eigenvalue weighted by Gasteiger charge is -2.20. The topological polar surface area (TPSA) is 55.4 Å². The molecule has 20 heavy (non-hydrogen) atoms. The van der Waals surface area contributed by atoms with E-state index in [2.05, 4.69) is 18.8 Å². The van der Waals surface area contributed by atoms with Gasteiger partial charge in [0.1, 0.15) is 11.5 Å². The lowest BCUT2D eigenvalue weighted by molar-refractivity contribution is -0.111. The average Bonchev–Trinajstić information content (AvgIpc) is 2.52. The molecule has 1 aliphatic rings. The summed E-state index contributed by atoms with van der Waals surface area (Å²) in [7, 11) is 0. The molecule has 1 aromatic rings. The van der Waals surface area contributed by atoms with Crippen LogP contribution in [0.15, 0.2) is 40.9 Å². The largest absolute Gasteiger partial charge is 0.364 e. The Morgan fingerprint density at radius 1 is 1.45 bits per heavy atom. The number of primary amides is 1. The van der Waals surface area contributed by atoms with E-state index in [-0.39, 0.29) is 11.7 Å². The fraction of sp³-hybridized carbons (Fsp3) is 0.375. The minimum Gasteiger partial charge on any atom is -0.364 e. The Hall–Kier alpha value is -1.97. The normalized spacial score (nSPS) is 22.8. The zero-order chi connectivity index (χ0) is 14.7. The number of halogens is 1. The molecule has 0 aliphatic carbocycles. The molecule has 1 aromatic carbocycles. The van der Waals surface area contributed by atoms with Gasteiger partial charge in [0.2, 0.25) is 0 Å². The van der Waals surface area contributed by atoms with Gasteiger partial charge in [-0.1, -0.05) is 31.6 Å². The number of nitrogens with zero attached hydrogens (tertiary/aromatic N) is 1. The molecule has 1 aliphatic heterocycles. The molecule has 2 unspecified atom stereocenters. The summed E-state index contributed by atoms with van der Waals surface area (Å²) < 4.78 is 13.3. The minimum absolute atomic E-state index is 0.249. The van der Waals surface area contributed by atoms with Crippen LogP contribution >= 0.6 is 0 Å². The summed E-state index contributed by atoms with van der Waals surface area (Å²) >= 11 is 0. The van der Waals surface area contributed by atoms with Gasteiger partial charge in [0.15, 0.2) is 0 Å². The standard InChI is InChI=1S/C16H19FN2O/c1-10-9-19-15(16(18)20)8-13(11(10)2)6-12-4-3-5-14(17)7-12/h3-5,7-8,10-11H,6,9H2,1-2H3,(H2,18,20). The van der Waals surface area contributed by atoms with E-state index in [0.717, 1.165) is 11.1 Å². The fourth-order valence-corrected chi connectivity index (χ4v) is 2.36. The summed E-state index contributed by atoms with van der Waals surface area (Å²) in [5.74, 6) is -0.158. The summed E-state index contributed by atoms with van der Waals surface area (Å²) in [5.41, 5.74) is 7.60. The molecule has 1 amide bonds. The molecule has 3 nitrogen and oxygen atoms in total. The molecule has 0 saturated carbocycles. The number of nitrogens with two attached hydrogens (primary N) is 1. The smallest absolute Gasteiger partial charge is 0.266 e. The van der Waals surface area contributed by atoms with Crippen LogP contribution in [0.2, 0.25) is 0 Å². The number of benzene rings is 1. The first-order chi connectivity index (χ1) is 9.47. The van der Waals surface area contributed by atoms with E-state index in [1.165, 1.54) is 12.1 Å². The molecule has 0 saturated heterocycles. The van der Waals surface area contributed by atoms with Crippen LogP contribution in [0.5, 0.6) is 0 Å². The molecule has 2 N–H and O–H groups in total. The van der Waals surface area contributed by atoms with Crippen LogP contribution in [0.4, 0.5) is 4.39 Å². The Bertz CT molecular complexity index is 578. The summed E-state index contributed by atoms with van der Waals surface area (Å²) in [6.45, 7) is 4.79. The summed E-state index contributed by atoms with van der Waals surface area (Å²) in [6.07, 6.45) is 2.37. The molecular formula is C16H19FN2O. The molecule has 0 radical (unpaired) electrons. The number of rotatable bonds is 3. The molecular weight excluding hydrogens is 255 g/mol. The van der Waals surface area contributed by atoms with E-state index >= 15 is 0 Å². The van der Waals surface area contributed by atoms with Crippen LogP contribution in [-0.4, -0.2) is 18.2 Å². The zero-order valence-corrected chi connectivity index (χ0v) is 11.8. The quantitative estimate of drug-likeness (QED) is 0.904. The van der Waals surface area contributed by atoms with Crippen molar-refractivity contribution >= 4 is 11.6 Å². The first kappa shape index (κ1) is 14.4. The highest BCUT2D eigenvalue weighted by Gasteiger charge is 2.22. The third-order valence-corrected chi connectivity index (χ3v) is 3.86. The van der Waals surface area contributed by atoms with Crippen molar-refractivity contribution < 1.29 is 9.18 Å². The van der Waals surface area contributed by atoms with E-state index < -0.39 is 5.91 Å². The second-order valence-electron chi connectivity index (χ2n) is 5.38. The lowest BCUT2D eigenvalue weighted by atomic mass is 9.85. The second-order valence-corrected chi connectivity index (χ2v) is 5.38. The molecule has 2 rings (SSSR count). The van der Waals surface area contributed by atoms with Crippen molar-refractivity contribution in [3.05, 3.63) is 47.3 Å². The highest BCUT2D eigenvalue weighted by Crippen LogP contribution is 2.26. The maximum Gasteiger partial charge on any atom is 0.266 e. The van der Waals surface area contributed by atoms with Crippen molar-refractivity contribution in [3.63, 3.8) is 0 Å². The molecule has 1 heterocycles. The summed E-state index contributed by atoms with van der Waals surface area (Å²) in [6, 6.07) is 6.52. The molecule has 0 fully saturated rings. The SMILES string of the molecule is CC1CN=C(C(N)=O)C=C(Cc2cccc(F)c2)C1C. The molecule has 0 bridgehead atoms. The molecule has 106 valence electrons. The maximum atomic E-state index is 13.3. The third kappa shape index (κ3) is 3.32. The number of aliphatic imine (C=N–C) groups is 1. The Balaban J connectivity index is 2.31. The highest BCUT2D eigenvalue weighted by atomic mass is 19.1. The van der Waals surface area contributed by atoms with Crippen molar-refractivity contribution in [2.75, 3.05) is 6.54 Å². The Labute approximate surface area is 118 Å². The number of carbonyl (C=O) groups is 1. The van der Waals surface area contributed by atoms with Gasteiger partial charge < -0.3 is 5.73 Å². The first-order valence-electron chi connectivity index (χ1n) is 6.76. The van der Waals surface area contributed by atoms with Gasteiger partial charge in [-0.15, -0.1) is 0 Å². The monoisotopic (exact) mass is 274 g/mol. The Kier molecular flexibility index (Phi) is 4.32. The number of amides is 1. The van der Waals surface area contributed by atoms with Gasteiger partial charge in [-0.3, -0.25) is 9.79 Å². The average molecular weight is 274 g/mol. The van der Waals surface area contributed by atoms with Gasteiger partial charge in [-0.05, 0) is 42.0 Å². The zero-order valence-electron chi connectivity index (χ0n) is 11.8. The van der Waals surface area contributed by atoms with E-state index in [4.69, 9.17) is 5.73 Å². The van der Waals surface area contributed by atoms with Crippen molar-refractivity contribution in [2.24, 2.45) is 22.6 Å².